The summed E-state index contributed by atoms with van der Waals surface area (Å²) in [5.41, 5.74) is 6.15. The van der Waals surface area contributed by atoms with E-state index in [2.05, 4.69) is 57.1 Å². The van der Waals surface area contributed by atoms with Crippen molar-refractivity contribution in [2.24, 2.45) is 0 Å². The molecule has 0 aliphatic carbocycles. The maximum atomic E-state index is 9.66. The normalized spacial score (nSPS) is 12.1. The highest BCUT2D eigenvalue weighted by atomic mass is 16.3. The van der Waals surface area contributed by atoms with Gasteiger partial charge in [0.1, 0.15) is 0 Å². The molecule has 0 fully saturated rings. The van der Waals surface area contributed by atoms with Crippen LogP contribution in [0.5, 0.6) is 0 Å². The molecule has 142 valence electrons. The van der Waals surface area contributed by atoms with Crippen LogP contribution >= 0.6 is 0 Å². The second-order valence-electron chi connectivity index (χ2n) is 6.88. The molecule has 0 radical (unpaired) electrons. The van der Waals surface area contributed by atoms with E-state index in [-0.39, 0.29) is 0 Å². The number of pyridine rings is 1. The van der Waals surface area contributed by atoms with Crippen LogP contribution in [-0.2, 0) is 6.42 Å². The van der Waals surface area contributed by atoms with Crippen molar-refractivity contribution in [1.82, 2.24) is 9.97 Å². The molecule has 0 saturated carbocycles. The van der Waals surface area contributed by atoms with E-state index in [1.165, 1.54) is 16.5 Å². The van der Waals surface area contributed by atoms with Gasteiger partial charge in [-0.25, -0.2) is 0 Å². The Labute approximate surface area is 164 Å². The molecule has 0 spiro atoms. The fraction of sp³-hybridized carbons (Fsp3) is 0.174. The van der Waals surface area contributed by atoms with Crippen molar-refractivity contribution in [2.75, 3.05) is 17.2 Å². The molecule has 5 heteroatoms. The number of fused-ring (bicyclic) bond motifs is 1. The van der Waals surface area contributed by atoms with Crippen LogP contribution in [0.2, 0.25) is 0 Å². The summed E-state index contributed by atoms with van der Waals surface area (Å²) in [4.78, 5) is 7.49. The van der Waals surface area contributed by atoms with E-state index < -0.39 is 6.10 Å². The fourth-order valence-electron chi connectivity index (χ4n) is 3.27. The Hall–Kier alpha value is -3.31. The van der Waals surface area contributed by atoms with Gasteiger partial charge in [0.15, 0.2) is 0 Å². The summed E-state index contributed by atoms with van der Waals surface area (Å²) in [6.45, 7) is 2.58. The number of benzene rings is 2. The average Bonchev–Trinajstić information content (AvgIpc) is 3.13. The first kappa shape index (κ1) is 18.1. The summed E-state index contributed by atoms with van der Waals surface area (Å²) < 4.78 is 0. The molecule has 1 unspecified atom stereocenters. The predicted octanol–water partition coefficient (Wildman–Crippen LogP) is 5.01. The van der Waals surface area contributed by atoms with Crippen LogP contribution in [0.25, 0.3) is 10.9 Å². The van der Waals surface area contributed by atoms with Gasteiger partial charge in [0.2, 0.25) is 0 Å². The van der Waals surface area contributed by atoms with Gasteiger partial charge in [-0.1, -0.05) is 18.2 Å². The number of aromatic amines is 1. The highest BCUT2D eigenvalue weighted by Gasteiger charge is 2.04. The smallest absolute Gasteiger partial charge is 0.0932 e. The number of aliphatic hydroxyl groups is 1. The van der Waals surface area contributed by atoms with Gasteiger partial charge in [-0.15, -0.1) is 0 Å². The van der Waals surface area contributed by atoms with Gasteiger partial charge in [-0.05, 0) is 61.4 Å². The van der Waals surface area contributed by atoms with Crippen LogP contribution in [-0.4, -0.2) is 21.6 Å². The molecule has 0 aliphatic heterocycles. The number of aromatic nitrogens is 2. The van der Waals surface area contributed by atoms with Crippen molar-refractivity contribution in [3.05, 3.63) is 84.3 Å². The number of hydrogen-bond donors (Lipinski definition) is 4. The standard InChI is InChI=1S/C23H24N4O/c1-16(28)23-14-20(11-13-25-23)27-19-8-6-18(7-9-19)24-12-10-17-15-26-22-5-3-2-4-21(17)22/h2-9,11,13-16,24,26,28H,10,12H2,1H3,(H,25,27). The lowest BCUT2D eigenvalue weighted by Crippen LogP contribution is -2.04. The third kappa shape index (κ3) is 4.15. The number of para-hydroxylation sites is 1. The maximum Gasteiger partial charge on any atom is 0.0932 e. The zero-order valence-electron chi connectivity index (χ0n) is 15.8. The number of aliphatic hydroxyl groups excluding tert-OH is 1. The molecule has 0 amide bonds. The lowest BCUT2D eigenvalue weighted by molar-refractivity contribution is 0.194. The Morgan fingerprint density at radius 3 is 2.61 bits per heavy atom. The van der Waals surface area contributed by atoms with Crippen molar-refractivity contribution < 1.29 is 5.11 Å². The van der Waals surface area contributed by atoms with Crippen LogP contribution in [0.1, 0.15) is 24.3 Å². The van der Waals surface area contributed by atoms with E-state index >= 15 is 0 Å². The molecular formula is C23H24N4O. The van der Waals surface area contributed by atoms with E-state index in [4.69, 9.17) is 0 Å². The first-order valence-corrected chi connectivity index (χ1v) is 9.49. The van der Waals surface area contributed by atoms with Crippen LogP contribution < -0.4 is 10.6 Å². The first-order valence-electron chi connectivity index (χ1n) is 9.49. The molecule has 2 aromatic carbocycles. The maximum absolute atomic E-state index is 9.66. The minimum Gasteiger partial charge on any atom is -0.387 e. The Kier molecular flexibility index (Phi) is 5.26. The number of rotatable bonds is 7. The fourth-order valence-corrected chi connectivity index (χ4v) is 3.27. The van der Waals surface area contributed by atoms with Gasteiger partial charge in [-0.2, -0.15) is 0 Å². The Bertz CT molecular complexity index is 1050. The van der Waals surface area contributed by atoms with E-state index in [0.717, 1.165) is 30.0 Å². The molecule has 0 bridgehead atoms. The third-order valence-corrected chi connectivity index (χ3v) is 4.78. The van der Waals surface area contributed by atoms with Crippen LogP contribution in [0.4, 0.5) is 17.1 Å². The van der Waals surface area contributed by atoms with E-state index in [1.54, 1.807) is 13.1 Å². The van der Waals surface area contributed by atoms with Gasteiger partial charge in [0.25, 0.3) is 0 Å². The summed E-state index contributed by atoms with van der Waals surface area (Å²) in [5.74, 6) is 0. The number of nitrogens with one attached hydrogen (secondary N) is 3. The number of anilines is 3. The van der Waals surface area contributed by atoms with Gasteiger partial charge in [0, 0.05) is 46.9 Å². The molecular weight excluding hydrogens is 348 g/mol. The minimum absolute atomic E-state index is 0.578. The summed E-state index contributed by atoms with van der Waals surface area (Å²) >= 11 is 0. The zero-order chi connectivity index (χ0) is 19.3. The van der Waals surface area contributed by atoms with Crippen molar-refractivity contribution in [3.63, 3.8) is 0 Å². The molecule has 0 aliphatic rings. The lowest BCUT2D eigenvalue weighted by atomic mass is 10.1. The topological polar surface area (TPSA) is 73.0 Å². The second kappa shape index (κ2) is 8.15. The monoisotopic (exact) mass is 372 g/mol. The highest BCUT2D eigenvalue weighted by Crippen LogP contribution is 2.22. The van der Waals surface area contributed by atoms with Gasteiger partial charge in [-0.3, -0.25) is 4.98 Å². The van der Waals surface area contributed by atoms with Crippen LogP contribution in [0, 0.1) is 0 Å². The van der Waals surface area contributed by atoms with E-state index in [9.17, 15) is 5.11 Å². The second-order valence-corrected chi connectivity index (χ2v) is 6.88. The molecule has 2 aromatic heterocycles. The van der Waals surface area contributed by atoms with Crippen molar-refractivity contribution >= 4 is 28.0 Å². The van der Waals surface area contributed by atoms with Crippen molar-refractivity contribution in [2.45, 2.75) is 19.4 Å². The Balaban J connectivity index is 1.34. The average molecular weight is 372 g/mol. The molecule has 0 saturated heterocycles. The summed E-state index contributed by atoms with van der Waals surface area (Å²) in [6.07, 6.45) is 4.18. The number of H-pyrrole nitrogens is 1. The molecule has 4 N–H and O–H groups in total. The Morgan fingerprint density at radius 2 is 1.79 bits per heavy atom. The lowest BCUT2D eigenvalue weighted by Gasteiger charge is -2.11. The SMILES string of the molecule is CC(O)c1cc(Nc2ccc(NCCc3c[nH]c4ccccc34)cc2)ccn1. The molecule has 4 rings (SSSR count). The minimum atomic E-state index is -0.578. The largest absolute Gasteiger partial charge is 0.387 e. The van der Waals surface area contributed by atoms with E-state index in [0.29, 0.717) is 5.69 Å². The Morgan fingerprint density at radius 1 is 1.00 bits per heavy atom. The molecule has 1 atom stereocenters. The molecule has 5 nitrogen and oxygen atoms in total. The number of nitrogens with zero attached hydrogens (tertiary/aromatic N) is 1. The zero-order valence-corrected chi connectivity index (χ0v) is 15.8. The summed E-state index contributed by atoms with van der Waals surface area (Å²) in [5, 5.41) is 17.8. The van der Waals surface area contributed by atoms with Crippen molar-refractivity contribution in [1.29, 1.82) is 0 Å². The third-order valence-electron chi connectivity index (χ3n) is 4.78. The predicted molar refractivity (Wildman–Crippen MR) is 115 cm³/mol. The number of hydrogen-bond acceptors (Lipinski definition) is 4. The van der Waals surface area contributed by atoms with Crippen molar-refractivity contribution in [3.8, 4) is 0 Å². The summed E-state index contributed by atoms with van der Waals surface area (Å²) in [7, 11) is 0. The van der Waals surface area contributed by atoms with Gasteiger partial charge in [0.05, 0.1) is 11.8 Å². The quantitative estimate of drug-likeness (QED) is 0.368. The van der Waals surface area contributed by atoms with Crippen LogP contribution in [0.15, 0.2) is 73.1 Å². The summed E-state index contributed by atoms with van der Waals surface area (Å²) in [6, 6.07) is 20.3. The van der Waals surface area contributed by atoms with Crippen LogP contribution in [0.3, 0.4) is 0 Å². The highest BCUT2D eigenvalue weighted by molar-refractivity contribution is 5.83. The molecule has 2 heterocycles. The molecule has 4 aromatic rings. The van der Waals surface area contributed by atoms with Gasteiger partial charge >= 0.3 is 0 Å². The molecule has 28 heavy (non-hydrogen) atoms. The van der Waals surface area contributed by atoms with Gasteiger partial charge < -0.3 is 20.7 Å². The first-order chi connectivity index (χ1) is 13.7. The van der Waals surface area contributed by atoms with E-state index in [1.807, 2.05) is 30.3 Å².